The first-order chi connectivity index (χ1) is 9.74. The van der Waals surface area contributed by atoms with Gasteiger partial charge in [0, 0.05) is 26.1 Å². The second-order valence-corrected chi connectivity index (χ2v) is 7.44. The van der Waals surface area contributed by atoms with Crippen LogP contribution in [-0.4, -0.2) is 52.2 Å². The number of hydrogen-bond acceptors (Lipinski definition) is 4. The van der Waals surface area contributed by atoms with Crippen LogP contribution in [0.4, 0.5) is 0 Å². The van der Waals surface area contributed by atoms with Crippen LogP contribution >= 0.6 is 46.4 Å². The topological polar surface area (TPSA) is 58.9 Å². The number of ether oxygens (including phenoxy) is 2. The van der Waals surface area contributed by atoms with Gasteiger partial charge in [-0.1, -0.05) is 35.4 Å². The second-order valence-electron chi connectivity index (χ2n) is 5.49. The Morgan fingerprint density at radius 2 is 1.24 bits per heavy atom. The minimum Gasteiger partial charge on any atom is -0.389 e. The summed E-state index contributed by atoms with van der Waals surface area (Å²) in [6.45, 7) is 0. The average molecular weight is 376 g/mol. The zero-order chi connectivity index (χ0) is 15.8. The third kappa shape index (κ3) is 1.45. The summed E-state index contributed by atoms with van der Waals surface area (Å²) < 4.78 is 11.0. The Morgan fingerprint density at radius 3 is 1.52 bits per heavy atom. The Morgan fingerprint density at radius 1 is 0.905 bits per heavy atom. The van der Waals surface area contributed by atoms with Crippen molar-refractivity contribution in [1.29, 1.82) is 0 Å². The molecular weight excluding hydrogens is 362 g/mol. The van der Waals surface area contributed by atoms with Crippen molar-refractivity contribution in [3.05, 3.63) is 22.2 Å². The number of aliphatic hydroxyl groups excluding tert-OH is 2. The highest BCUT2D eigenvalue weighted by Crippen LogP contribution is 2.75. The van der Waals surface area contributed by atoms with E-state index in [1.54, 1.807) is 0 Å². The van der Waals surface area contributed by atoms with Gasteiger partial charge in [0.2, 0.25) is 5.79 Å². The number of aliphatic hydroxyl groups is 2. The zero-order valence-corrected chi connectivity index (χ0v) is 14.2. The molecule has 3 aliphatic rings. The SMILES string of the molecule is COC1(OC)[C@@]2(Cl)C(Cl)=C(Cl)[C@@]1(Cl)[C@H]1[C@@H]2[C@H](O)C=C[C@H]1O. The fraction of sp³-hybridized carbons (Fsp3) is 0.692. The summed E-state index contributed by atoms with van der Waals surface area (Å²) in [5.74, 6) is -3.00. The highest BCUT2D eigenvalue weighted by molar-refractivity contribution is 6.52. The summed E-state index contributed by atoms with van der Waals surface area (Å²) in [5, 5.41) is 20.9. The Hall–Kier alpha value is 0.480. The van der Waals surface area contributed by atoms with E-state index in [0.29, 0.717) is 0 Å². The van der Waals surface area contributed by atoms with Gasteiger partial charge in [-0.3, -0.25) is 0 Å². The van der Waals surface area contributed by atoms with Crippen LogP contribution in [0.2, 0.25) is 0 Å². The summed E-state index contributed by atoms with van der Waals surface area (Å²) in [6.07, 6.45) is 1.01. The molecule has 2 N–H and O–H groups in total. The molecule has 0 amide bonds. The van der Waals surface area contributed by atoms with Crippen LogP contribution in [0.5, 0.6) is 0 Å². The summed E-state index contributed by atoms with van der Waals surface area (Å²) >= 11 is 26.2. The lowest BCUT2D eigenvalue weighted by molar-refractivity contribution is -0.222. The van der Waals surface area contributed by atoms with Crippen LogP contribution in [0.15, 0.2) is 22.2 Å². The predicted octanol–water partition coefficient (Wildman–Crippen LogP) is 2.17. The third-order valence-corrected chi connectivity index (χ3v) is 7.56. The van der Waals surface area contributed by atoms with Crippen molar-refractivity contribution in [1.82, 2.24) is 0 Å². The molecule has 3 rings (SSSR count). The maximum atomic E-state index is 10.3. The van der Waals surface area contributed by atoms with Gasteiger partial charge in [0.05, 0.1) is 22.3 Å². The molecule has 3 aliphatic carbocycles. The maximum Gasteiger partial charge on any atom is 0.217 e. The largest absolute Gasteiger partial charge is 0.389 e. The monoisotopic (exact) mass is 374 g/mol. The van der Waals surface area contributed by atoms with E-state index in [1.807, 2.05) is 0 Å². The van der Waals surface area contributed by atoms with E-state index < -0.39 is 39.6 Å². The van der Waals surface area contributed by atoms with E-state index in [1.165, 1.54) is 26.4 Å². The van der Waals surface area contributed by atoms with Gasteiger partial charge in [0.15, 0.2) is 0 Å². The van der Waals surface area contributed by atoms with Crippen LogP contribution in [0.25, 0.3) is 0 Å². The first-order valence-electron chi connectivity index (χ1n) is 6.32. The lowest BCUT2D eigenvalue weighted by Gasteiger charge is -2.41. The average Bonchev–Trinajstić information content (AvgIpc) is 2.72. The number of halogens is 4. The number of methoxy groups -OCH3 is 2. The molecule has 0 saturated heterocycles. The highest BCUT2D eigenvalue weighted by atomic mass is 35.5. The van der Waals surface area contributed by atoms with Crippen LogP contribution < -0.4 is 0 Å². The first kappa shape index (κ1) is 16.3. The van der Waals surface area contributed by atoms with Crippen molar-refractivity contribution in [2.24, 2.45) is 11.8 Å². The highest BCUT2D eigenvalue weighted by Gasteiger charge is 2.86. The standard InChI is InChI=1S/C13H14Cl4O4/c1-20-13(21-2)11(16)7-5(18)3-4-6(19)8(7)12(13,17)10(15)9(11)14/h3-8,18-19H,1-2H3/t5-,6-,7-,8+,11+,12+/m1/s1. The first-order valence-corrected chi connectivity index (χ1v) is 7.84. The molecule has 1 fully saturated rings. The lowest BCUT2D eigenvalue weighted by Crippen LogP contribution is -2.58. The van der Waals surface area contributed by atoms with E-state index in [2.05, 4.69) is 0 Å². The number of fused-ring (bicyclic) bond motifs is 5. The van der Waals surface area contributed by atoms with Gasteiger partial charge in [0.25, 0.3) is 0 Å². The van der Waals surface area contributed by atoms with Crippen LogP contribution in [0.3, 0.4) is 0 Å². The van der Waals surface area contributed by atoms with Gasteiger partial charge in [0.1, 0.15) is 9.75 Å². The molecule has 0 aromatic carbocycles. The minimum absolute atomic E-state index is 0.0762. The van der Waals surface area contributed by atoms with E-state index in [-0.39, 0.29) is 10.1 Å². The Kier molecular flexibility index (Phi) is 3.69. The molecule has 6 atom stereocenters. The van der Waals surface area contributed by atoms with Crippen molar-refractivity contribution in [2.75, 3.05) is 14.2 Å². The van der Waals surface area contributed by atoms with Gasteiger partial charge in [-0.2, -0.15) is 0 Å². The molecule has 0 heterocycles. The van der Waals surface area contributed by atoms with Crippen molar-refractivity contribution in [2.45, 2.75) is 27.7 Å². The summed E-state index contributed by atoms with van der Waals surface area (Å²) in [5.41, 5.74) is 0. The molecule has 0 radical (unpaired) electrons. The molecule has 0 unspecified atom stereocenters. The van der Waals surface area contributed by atoms with E-state index in [4.69, 9.17) is 55.9 Å². The minimum atomic E-state index is -1.60. The zero-order valence-electron chi connectivity index (χ0n) is 11.2. The van der Waals surface area contributed by atoms with Crippen molar-refractivity contribution in [3.8, 4) is 0 Å². The van der Waals surface area contributed by atoms with E-state index in [0.717, 1.165) is 0 Å². The molecule has 0 spiro atoms. The third-order valence-electron chi connectivity index (χ3n) is 4.91. The van der Waals surface area contributed by atoms with Crippen LogP contribution in [0.1, 0.15) is 0 Å². The molecule has 21 heavy (non-hydrogen) atoms. The van der Waals surface area contributed by atoms with Crippen molar-refractivity contribution < 1.29 is 19.7 Å². The molecule has 0 aliphatic heterocycles. The molecular formula is C13H14Cl4O4. The quantitative estimate of drug-likeness (QED) is 0.441. The van der Waals surface area contributed by atoms with Crippen molar-refractivity contribution in [3.63, 3.8) is 0 Å². The molecule has 1 saturated carbocycles. The number of alkyl halides is 2. The Labute approximate surface area is 142 Å². The number of rotatable bonds is 2. The molecule has 8 heteroatoms. The van der Waals surface area contributed by atoms with E-state index >= 15 is 0 Å². The van der Waals surface area contributed by atoms with Gasteiger partial charge in [-0.05, 0) is 0 Å². The van der Waals surface area contributed by atoms with Gasteiger partial charge >= 0.3 is 0 Å². The maximum absolute atomic E-state index is 10.3. The predicted molar refractivity (Wildman–Crippen MR) is 80.8 cm³/mol. The summed E-state index contributed by atoms with van der Waals surface area (Å²) in [4.78, 5) is -2.99. The molecule has 2 bridgehead atoms. The summed E-state index contributed by atoms with van der Waals surface area (Å²) in [7, 11) is 2.75. The fourth-order valence-corrected chi connectivity index (χ4v) is 6.41. The fourth-order valence-electron chi connectivity index (χ4n) is 4.14. The molecule has 0 aromatic rings. The Balaban J connectivity index is 2.34. The second kappa shape index (κ2) is 4.74. The molecule has 118 valence electrons. The Bertz CT molecular complexity index is 504. The summed E-state index contributed by atoms with van der Waals surface area (Å²) in [6, 6.07) is 0. The van der Waals surface area contributed by atoms with Gasteiger partial charge in [-0.15, -0.1) is 23.2 Å². The van der Waals surface area contributed by atoms with Gasteiger partial charge < -0.3 is 19.7 Å². The smallest absolute Gasteiger partial charge is 0.217 e. The molecule has 4 nitrogen and oxygen atoms in total. The van der Waals surface area contributed by atoms with Gasteiger partial charge in [-0.25, -0.2) is 0 Å². The lowest BCUT2D eigenvalue weighted by atomic mass is 9.72. The molecule has 0 aromatic heterocycles. The normalized spacial score (nSPS) is 50.7. The van der Waals surface area contributed by atoms with Crippen LogP contribution in [-0.2, 0) is 9.47 Å². The van der Waals surface area contributed by atoms with Crippen LogP contribution in [0, 0.1) is 11.8 Å². The number of hydrogen-bond donors (Lipinski definition) is 2. The van der Waals surface area contributed by atoms with Crippen molar-refractivity contribution >= 4 is 46.4 Å². The van der Waals surface area contributed by atoms with E-state index in [9.17, 15) is 10.2 Å².